The minimum Gasteiger partial charge on any atom is -0.368 e. The molecule has 0 atom stereocenters. The van der Waals surface area contributed by atoms with E-state index in [0.29, 0.717) is 18.8 Å². The van der Waals surface area contributed by atoms with Gasteiger partial charge in [-0.15, -0.1) is 0 Å². The second kappa shape index (κ2) is 10.6. The summed E-state index contributed by atoms with van der Waals surface area (Å²) in [5.74, 6) is 0.328. The first-order valence-corrected chi connectivity index (χ1v) is 11.1. The van der Waals surface area contributed by atoms with Crippen LogP contribution in [0.1, 0.15) is 32.3 Å². The monoisotopic (exact) mass is 462 g/mol. The van der Waals surface area contributed by atoms with Crippen molar-refractivity contribution in [2.24, 2.45) is 5.92 Å². The second-order valence-corrected chi connectivity index (χ2v) is 8.03. The van der Waals surface area contributed by atoms with Gasteiger partial charge in [-0.1, -0.05) is 13.8 Å². The number of nitrogens with one attached hydrogen (secondary N) is 2. The third-order valence-corrected chi connectivity index (χ3v) is 5.89. The highest BCUT2D eigenvalue weighted by molar-refractivity contribution is 5.99. The summed E-state index contributed by atoms with van der Waals surface area (Å²) in [4.78, 5) is 28.9. The summed E-state index contributed by atoms with van der Waals surface area (Å²) in [6.45, 7) is 6.94. The summed E-state index contributed by atoms with van der Waals surface area (Å²) >= 11 is 0. The standard InChI is InChI=1S/C24H29F3N4O2/c1-3-17(4-2)22(32)31-15-13-30(14-16-31)21-11-9-20(10-12-21)29-23(33)28-19-7-5-18(6-8-19)24(25,26)27/h5-12,17H,3-4,13-16H2,1-2H3,(H2,28,29,33). The van der Waals surface area contributed by atoms with Crippen LogP contribution in [-0.2, 0) is 11.0 Å². The molecule has 3 amide bonds. The Labute approximate surface area is 191 Å². The number of hydrogen-bond acceptors (Lipinski definition) is 3. The molecule has 0 saturated carbocycles. The highest BCUT2D eigenvalue weighted by atomic mass is 19.4. The Bertz CT molecular complexity index is 934. The molecule has 1 fully saturated rings. The number of alkyl halides is 3. The fraction of sp³-hybridized carbons (Fsp3) is 0.417. The molecule has 0 aromatic heterocycles. The molecule has 0 unspecified atom stereocenters. The van der Waals surface area contributed by atoms with Crippen molar-refractivity contribution in [3.05, 3.63) is 54.1 Å². The number of nitrogens with zero attached hydrogens (tertiary/aromatic N) is 2. The molecule has 33 heavy (non-hydrogen) atoms. The highest BCUT2D eigenvalue weighted by Crippen LogP contribution is 2.30. The normalized spacial score (nSPS) is 14.4. The Morgan fingerprint density at radius 1 is 0.848 bits per heavy atom. The molecule has 0 aliphatic carbocycles. The van der Waals surface area contributed by atoms with Gasteiger partial charge in [-0.25, -0.2) is 4.79 Å². The van der Waals surface area contributed by atoms with Crippen molar-refractivity contribution in [2.75, 3.05) is 41.7 Å². The van der Waals surface area contributed by atoms with E-state index in [4.69, 9.17) is 0 Å². The Balaban J connectivity index is 1.50. The number of piperazine rings is 1. The van der Waals surface area contributed by atoms with Crippen molar-refractivity contribution in [1.29, 1.82) is 0 Å². The number of anilines is 3. The maximum atomic E-state index is 12.6. The van der Waals surface area contributed by atoms with E-state index in [9.17, 15) is 22.8 Å². The van der Waals surface area contributed by atoms with Crippen molar-refractivity contribution in [3.8, 4) is 0 Å². The van der Waals surface area contributed by atoms with Crippen molar-refractivity contribution in [3.63, 3.8) is 0 Å². The number of hydrogen-bond donors (Lipinski definition) is 2. The van der Waals surface area contributed by atoms with Crippen molar-refractivity contribution in [2.45, 2.75) is 32.9 Å². The van der Waals surface area contributed by atoms with E-state index in [1.54, 1.807) is 12.1 Å². The maximum absolute atomic E-state index is 12.6. The van der Waals surface area contributed by atoms with E-state index in [1.165, 1.54) is 12.1 Å². The van der Waals surface area contributed by atoms with E-state index in [0.717, 1.165) is 43.8 Å². The molecule has 0 spiro atoms. The van der Waals surface area contributed by atoms with Crippen molar-refractivity contribution >= 4 is 29.0 Å². The molecule has 9 heteroatoms. The lowest BCUT2D eigenvalue weighted by molar-refractivity contribution is -0.137. The minimum absolute atomic E-state index is 0.0932. The molecule has 1 aliphatic heterocycles. The summed E-state index contributed by atoms with van der Waals surface area (Å²) in [7, 11) is 0. The Hall–Kier alpha value is -3.23. The van der Waals surface area contributed by atoms with Crippen LogP contribution in [0.3, 0.4) is 0 Å². The summed E-state index contributed by atoms with van der Waals surface area (Å²) in [6.07, 6.45) is -2.70. The van der Waals surface area contributed by atoms with E-state index >= 15 is 0 Å². The number of rotatable bonds is 6. The van der Waals surface area contributed by atoms with Gasteiger partial charge >= 0.3 is 12.2 Å². The fourth-order valence-corrected chi connectivity index (χ4v) is 3.87. The molecule has 2 aromatic rings. The Morgan fingerprint density at radius 3 is 1.79 bits per heavy atom. The first kappa shape index (κ1) is 24.4. The molecule has 2 N–H and O–H groups in total. The van der Waals surface area contributed by atoms with Crippen LogP contribution in [0.15, 0.2) is 48.5 Å². The second-order valence-electron chi connectivity index (χ2n) is 8.03. The van der Waals surface area contributed by atoms with E-state index in [-0.39, 0.29) is 17.5 Å². The van der Waals surface area contributed by atoms with Gasteiger partial charge in [0.1, 0.15) is 0 Å². The molecular formula is C24H29F3N4O2. The number of carbonyl (C=O) groups excluding carboxylic acids is 2. The van der Waals surface area contributed by atoms with Crippen LogP contribution < -0.4 is 15.5 Å². The fourth-order valence-electron chi connectivity index (χ4n) is 3.87. The van der Waals surface area contributed by atoms with E-state index < -0.39 is 17.8 Å². The molecule has 0 radical (unpaired) electrons. The van der Waals surface area contributed by atoms with Gasteiger partial charge in [-0.2, -0.15) is 13.2 Å². The topological polar surface area (TPSA) is 64.7 Å². The molecule has 6 nitrogen and oxygen atoms in total. The summed E-state index contributed by atoms with van der Waals surface area (Å²) in [5.41, 5.74) is 1.05. The first-order chi connectivity index (χ1) is 15.7. The molecular weight excluding hydrogens is 433 g/mol. The van der Waals surface area contributed by atoms with Crippen molar-refractivity contribution < 1.29 is 22.8 Å². The van der Waals surface area contributed by atoms with Crippen LogP contribution in [0.2, 0.25) is 0 Å². The first-order valence-electron chi connectivity index (χ1n) is 11.1. The molecule has 2 aromatic carbocycles. The zero-order valence-electron chi connectivity index (χ0n) is 18.8. The number of benzene rings is 2. The van der Waals surface area contributed by atoms with Gasteiger partial charge in [0.15, 0.2) is 0 Å². The smallest absolute Gasteiger partial charge is 0.368 e. The van der Waals surface area contributed by atoms with Crippen LogP contribution in [0.25, 0.3) is 0 Å². The zero-order valence-corrected chi connectivity index (χ0v) is 18.8. The average molecular weight is 463 g/mol. The van der Waals surface area contributed by atoms with Gasteiger partial charge in [0.05, 0.1) is 5.56 Å². The lowest BCUT2D eigenvalue weighted by atomic mass is 10.0. The van der Waals surface area contributed by atoms with Gasteiger partial charge in [0.25, 0.3) is 0 Å². The van der Waals surface area contributed by atoms with Gasteiger partial charge in [-0.05, 0) is 61.4 Å². The highest BCUT2D eigenvalue weighted by Gasteiger charge is 2.30. The van der Waals surface area contributed by atoms with Gasteiger partial charge in [-0.3, -0.25) is 4.79 Å². The van der Waals surface area contributed by atoms with Crippen LogP contribution in [0.5, 0.6) is 0 Å². The van der Waals surface area contributed by atoms with Gasteiger partial charge in [0.2, 0.25) is 5.91 Å². The molecule has 0 bridgehead atoms. The molecule has 178 valence electrons. The van der Waals surface area contributed by atoms with E-state index in [2.05, 4.69) is 15.5 Å². The number of amides is 3. The number of carbonyl (C=O) groups is 2. The summed E-state index contributed by atoms with van der Waals surface area (Å²) in [6, 6.07) is 11.0. The molecule has 1 aliphatic rings. The van der Waals surface area contributed by atoms with Crippen LogP contribution in [0, 0.1) is 5.92 Å². The van der Waals surface area contributed by atoms with Crippen LogP contribution in [0.4, 0.5) is 35.0 Å². The Morgan fingerprint density at radius 2 is 1.33 bits per heavy atom. The van der Waals surface area contributed by atoms with Crippen molar-refractivity contribution in [1.82, 2.24) is 4.90 Å². The molecule has 1 heterocycles. The predicted octanol–water partition coefficient (Wildman–Crippen LogP) is 5.43. The van der Waals surface area contributed by atoms with Crippen LogP contribution >= 0.6 is 0 Å². The minimum atomic E-state index is -4.42. The van der Waals surface area contributed by atoms with Crippen LogP contribution in [-0.4, -0.2) is 43.0 Å². The number of halogens is 3. The predicted molar refractivity (Wildman–Crippen MR) is 123 cm³/mol. The molecule has 1 saturated heterocycles. The average Bonchev–Trinajstić information content (AvgIpc) is 2.80. The van der Waals surface area contributed by atoms with E-state index in [1.807, 2.05) is 30.9 Å². The molecule has 3 rings (SSSR count). The lowest BCUT2D eigenvalue weighted by Gasteiger charge is -2.37. The summed E-state index contributed by atoms with van der Waals surface area (Å²) in [5, 5.41) is 5.18. The van der Waals surface area contributed by atoms with Gasteiger partial charge < -0.3 is 20.4 Å². The van der Waals surface area contributed by atoms with Gasteiger partial charge in [0, 0.05) is 49.2 Å². The number of urea groups is 1. The third kappa shape index (κ3) is 6.40. The zero-order chi connectivity index (χ0) is 24.0. The SMILES string of the molecule is CCC(CC)C(=O)N1CCN(c2ccc(NC(=O)Nc3ccc(C(F)(F)F)cc3)cc2)CC1. The quantitative estimate of drug-likeness (QED) is 0.601. The third-order valence-electron chi connectivity index (χ3n) is 5.89. The summed E-state index contributed by atoms with van der Waals surface area (Å²) < 4.78 is 37.9. The maximum Gasteiger partial charge on any atom is 0.416 e. The Kier molecular flexibility index (Phi) is 7.84. The largest absolute Gasteiger partial charge is 0.416 e. The lowest BCUT2D eigenvalue weighted by Crippen LogP contribution is -2.50.